The minimum atomic E-state index is -0.252. The Morgan fingerprint density at radius 3 is 1.81 bits per heavy atom. The molecule has 11 atom stereocenters. The van der Waals surface area contributed by atoms with Crippen LogP contribution in [0.5, 0.6) is 0 Å². The molecular weight excluding hydrogens is 797 g/mol. The molecular formula is C54H68N6O4. The highest BCUT2D eigenvalue weighted by molar-refractivity contribution is 6.05. The Morgan fingerprint density at radius 1 is 0.688 bits per heavy atom. The summed E-state index contributed by atoms with van der Waals surface area (Å²) < 4.78 is 14.5. The number of carbonyl (C=O) groups excluding carboxylic acids is 2. The molecule has 2 amide bonds. The number of hydrogen-bond donors (Lipinski definition) is 2. The molecule has 10 aliphatic rings. The number of anilines is 2. The van der Waals surface area contributed by atoms with Crippen molar-refractivity contribution in [3.63, 3.8) is 0 Å². The van der Waals surface area contributed by atoms with Crippen molar-refractivity contribution in [3.05, 3.63) is 107 Å². The van der Waals surface area contributed by atoms with Gasteiger partial charge in [-0.15, -0.1) is 0 Å². The van der Waals surface area contributed by atoms with Crippen LogP contribution in [-0.2, 0) is 19.1 Å². The van der Waals surface area contributed by atoms with E-state index in [4.69, 9.17) is 9.47 Å². The molecule has 0 aromatic carbocycles. The van der Waals surface area contributed by atoms with Gasteiger partial charge in [0.15, 0.2) is 0 Å². The molecule has 10 heteroatoms. The average molecular weight is 865 g/mol. The van der Waals surface area contributed by atoms with Crippen molar-refractivity contribution in [2.24, 2.45) is 28.6 Å². The highest BCUT2D eigenvalue weighted by Crippen LogP contribution is 2.69. The number of rotatable bonds is 6. The summed E-state index contributed by atoms with van der Waals surface area (Å²) in [6.45, 7) is 4.62. The highest BCUT2D eigenvalue weighted by Gasteiger charge is 2.68. The third-order valence-electron chi connectivity index (χ3n) is 18.8. The van der Waals surface area contributed by atoms with Crippen LogP contribution >= 0.6 is 0 Å². The van der Waals surface area contributed by atoms with E-state index in [-0.39, 0.29) is 51.0 Å². The number of hydrogen-bond acceptors (Lipinski definition) is 8. The lowest BCUT2D eigenvalue weighted by Gasteiger charge is -2.54. The predicted octanol–water partition coefficient (Wildman–Crippen LogP) is 9.37. The van der Waals surface area contributed by atoms with Gasteiger partial charge in [-0.3, -0.25) is 19.6 Å². The zero-order valence-corrected chi connectivity index (χ0v) is 38.9. The number of carbonyl (C=O) groups is 2. The maximum absolute atomic E-state index is 13.4. The van der Waals surface area contributed by atoms with Gasteiger partial charge >= 0.3 is 0 Å². The number of ether oxygens (including phenoxy) is 2. The lowest BCUT2D eigenvalue weighted by atomic mass is 9.58. The van der Waals surface area contributed by atoms with Crippen molar-refractivity contribution in [1.29, 1.82) is 0 Å². The van der Waals surface area contributed by atoms with E-state index >= 15 is 0 Å². The maximum atomic E-state index is 13.4. The number of aromatic nitrogens is 2. The smallest absolute Gasteiger partial charge is 0.251 e. The van der Waals surface area contributed by atoms with E-state index in [1.165, 1.54) is 35.1 Å². The molecule has 0 radical (unpaired) electrons. The van der Waals surface area contributed by atoms with Gasteiger partial charge < -0.3 is 29.9 Å². The van der Waals surface area contributed by atoms with Crippen molar-refractivity contribution < 1.29 is 19.1 Å². The zero-order chi connectivity index (χ0) is 44.3. The molecule has 12 rings (SSSR count). The van der Waals surface area contributed by atoms with Gasteiger partial charge in [-0.25, -0.2) is 0 Å². The van der Waals surface area contributed by atoms with E-state index in [0.717, 1.165) is 100 Å². The number of pyridine rings is 2. The lowest BCUT2D eigenvalue weighted by molar-refractivity contribution is -0.146. The molecule has 64 heavy (non-hydrogen) atoms. The van der Waals surface area contributed by atoms with E-state index in [1.807, 2.05) is 24.3 Å². The van der Waals surface area contributed by atoms with Crippen molar-refractivity contribution in [1.82, 2.24) is 19.8 Å². The largest absolute Gasteiger partial charge is 0.359 e. The SMILES string of the molecule is CN(C)[C@H]1CCC2=CC3=CC[C@]4(C)C(C(=O)Nc5cccnc5)=CC[C@H]4[C@@]34CCC2(C1)O4.CN(C)[C@H]1CCC2=CC3=CC[C@]4(C)[C@@H](C(=O)Nc5cccnc5)CC[C@H]4[C@@]34CCC2(C1)O4. The fourth-order valence-electron chi connectivity index (χ4n) is 15.3. The Morgan fingerprint density at radius 2 is 1.25 bits per heavy atom. The van der Waals surface area contributed by atoms with Crippen LogP contribution in [0, 0.1) is 28.6 Å². The first-order chi connectivity index (χ1) is 30.7. The monoisotopic (exact) mass is 865 g/mol. The summed E-state index contributed by atoms with van der Waals surface area (Å²) in [6, 6.07) is 8.68. The summed E-state index contributed by atoms with van der Waals surface area (Å²) >= 11 is 0. The molecule has 2 unspecified atom stereocenters. The molecule has 2 saturated heterocycles. The zero-order valence-electron chi connectivity index (χ0n) is 38.9. The Balaban J connectivity index is 0.000000143. The van der Waals surface area contributed by atoms with Gasteiger partial charge in [0.25, 0.3) is 5.91 Å². The Bertz CT molecular complexity index is 2320. The standard InChI is InChI=1S/C27H35N3O2.C27H33N3O2/c2*1-25-11-10-19-15-18-6-7-21(30(2)3)16-26(18)12-13-27(19,32-26)23(25)9-8-22(25)24(31)29-20-5-4-14-28-17-20/h4-5,10,14-15,17,21-23H,6-9,11-13,16H2,1-3H3,(H,29,31);4-5,8,10,14-15,17,21,23H,6-7,9,11-13,16H2,1-3H3,(H,29,31)/t21-,22+,23+,25+,26?,27+;21-,23+,25+,26?,27+/m00/s1. The van der Waals surface area contributed by atoms with Crippen LogP contribution in [0.25, 0.3) is 0 Å². The summed E-state index contributed by atoms with van der Waals surface area (Å²) in [5.41, 5.74) is 7.36. The van der Waals surface area contributed by atoms with Crippen LogP contribution < -0.4 is 10.6 Å². The summed E-state index contributed by atoms with van der Waals surface area (Å²) in [7, 11) is 8.80. The van der Waals surface area contributed by atoms with Crippen LogP contribution in [0.4, 0.5) is 11.4 Å². The second kappa shape index (κ2) is 15.2. The Labute approximate surface area is 380 Å². The molecule has 4 bridgehead atoms. The molecule has 3 saturated carbocycles. The molecule has 6 aliphatic carbocycles. The van der Waals surface area contributed by atoms with Crippen molar-refractivity contribution >= 4 is 23.2 Å². The van der Waals surface area contributed by atoms with Crippen LogP contribution in [0.2, 0.25) is 0 Å². The number of amides is 2. The molecule has 2 aromatic heterocycles. The number of nitrogens with one attached hydrogen (secondary N) is 2. The fraction of sp³-hybridized carbons (Fsp3) is 0.593. The van der Waals surface area contributed by atoms with Gasteiger partial charge in [0.2, 0.25) is 5.91 Å². The first kappa shape index (κ1) is 42.4. The predicted molar refractivity (Wildman–Crippen MR) is 250 cm³/mol. The molecule has 10 nitrogen and oxygen atoms in total. The second-order valence-corrected chi connectivity index (χ2v) is 22.2. The van der Waals surface area contributed by atoms with Gasteiger partial charge in [0.1, 0.15) is 0 Å². The van der Waals surface area contributed by atoms with Crippen LogP contribution in [0.1, 0.15) is 110 Å². The first-order valence-corrected chi connectivity index (χ1v) is 24.4. The molecule has 4 spiro atoms. The number of nitrogens with zero attached hydrogens (tertiary/aromatic N) is 4. The quantitative estimate of drug-likeness (QED) is 0.296. The van der Waals surface area contributed by atoms with Gasteiger partial charge in [-0.05, 0) is 182 Å². The van der Waals surface area contributed by atoms with Gasteiger partial charge in [0.05, 0.1) is 46.2 Å². The summed E-state index contributed by atoms with van der Waals surface area (Å²) in [4.78, 5) is 39.7. The average Bonchev–Trinajstić information content (AvgIpc) is 4.02. The summed E-state index contributed by atoms with van der Waals surface area (Å²) in [6.07, 6.45) is 34.9. The molecule has 2 aromatic rings. The molecule has 338 valence electrons. The summed E-state index contributed by atoms with van der Waals surface area (Å²) in [5.74, 6) is 0.854. The minimum Gasteiger partial charge on any atom is -0.359 e. The van der Waals surface area contributed by atoms with Crippen molar-refractivity contribution in [3.8, 4) is 0 Å². The van der Waals surface area contributed by atoms with Crippen LogP contribution in [0.3, 0.4) is 0 Å². The van der Waals surface area contributed by atoms with E-state index in [2.05, 4.69) is 103 Å². The van der Waals surface area contributed by atoms with Gasteiger partial charge in [-0.1, -0.05) is 44.2 Å². The number of allylic oxidation sites excluding steroid dienone is 3. The highest BCUT2D eigenvalue weighted by atomic mass is 16.5. The normalized spacial score (nSPS) is 40.7. The Kier molecular flexibility index (Phi) is 10.0. The van der Waals surface area contributed by atoms with Crippen LogP contribution in [0.15, 0.2) is 107 Å². The molecule has 5 fully saturated rings. The Hall–Kier alpha value is -4.22. The topological polar surface area (TPSA) is 109 Å². The summed E-state index contributed by atoms with van der Waals surface area (Å²) in [5, 5.41) is 6.21. The maximum Gasteiger partial charge on any atom is 0.251 e. The van der Waals surface area contributed by atoms with Gasteiger partial charge in [0, 0.05) is 47.3 Å². The lowest BCUT2D eigenvalue weighted by Crippen LogP contribution is -2.55. The third kappa shape index (κ3) is 6.31. The fourth-order valence-corrected chi connectivity index (χ4v) is 15.3. The van der Waals surface area contributed by atoms with Crippen molar-refractivity contribution in [2.45, 2.75) is 145 Å². The molecule has 4 aliphatic heterocycles. The first-order valence-electron chi connectivity index (χ1n) is 24.4. The van der Waals surface area contributed by atoms with E-state index in [0.29, 0.717) is 23.9 Å². The minimum absolute atomic E-state index is 0.00124. The molecule has 6 heterocycles. The van der Waals surface area contributed by atoms with Crippen LogP contribution in [-0.4, -0.2) is 94.3 Å². The van der Waals surface area contributed by atoms with E-state index in [1.54, 1.807) is 24.8 Å². The third-order valence-corrected chi connectivity index (χ3v) is 18.8. The van der Waals surface area contributed by atoms with Crippen molar-refractivity contribution in [2.75, 3.05) is 38.8 Å². The number of fused-ring (bicyclic) bond motifs is 2. The molecule has 2 N–H and O–H groups in total. The second-order valence-electron chi connectivity index (χ2n) is 22.2. The van der Waals surface area contributed by atoms with Gasteiger partial charge in [-0.2, -0.15) is 0 Å². The van der Waals surface area contributed by atoms with E-state index in [9.17, 15) is 9.59 Å². The van der Waals surface area contributed by atoms with E-state index < -0.39 is 0 Å².